The molecule has 0 atom stereocenters. The second-order valence-corrected chi connectivity index (χ2v) is 8.82. The first kappa shape index (κ1) is 23.3. The molecule has 3 aromatic rings. The molecular weight excluding hydrogens is 448 g/mol. The zero-order valence-corrected chi connectivity index (χ0v) is 19.9. The van der Waals surface area contributed by atoms with Crippen LogP contribution in [0.15, 0.2) is 76.6 Å². The van der Waals surface area contributed by atoms with Gasteiger partial charge in [-0.3, -0.25) is 9.69 Å². The zero-order chi connectivity index (χ0) is 24.2. The molecule has 0 saturated carbocycles. The van der Waals surface area contributed by atoms with E-state index in [1.807, 2.05) is 69.3 Å². The van der Waals surface area contributed by atoms with E-state index < -0.39 is 5.97 Å². The number of thioether (sulfide) groups is 1. The molecule has 1 saturated heterocycles. The maximum atomic E-state index is 13.5. The minimum atomic E-state index is -1.05. The topological polar surface area (TPSA) is 79.2 Å². The smallest absolute Gasteiger partial charge is 0.335 e. The van der Waals surface area contributed by atoms with Crippen LogP contribution < -0.4 is 9.64 Å². The van der Waals surface area contributed by atoms with E-state index in [0.717, 1.165) is 16.8 Å². The molecule has 0 bridgehead atoms. The van der Waals surface area contributed by atoms with Gasteiger partial charge in [0.05, 0.1) is 28.5 Å². The first-order valence-corrected chi connectivity index (χ1v) is 11.6. The summed E-state index contributed by atoms with van der Waals surface area (Å²) in [5.74, 6) is -0.766. The van der Waals surface area contributed by atoms with E-state index in [2.05, 4.69) is 0 Å². The molecule has 1 N–H and O–H groups in total. The van der Waals surface area contributed by atoms with E-state index >= 15 is 0 Å². The summed E-state index contributed by atoms with van der Waals surface area (Å²) in [6, 6.07) is 20.0. The van der Waals surface area contributed by atoms with Crippen molar-refractivity contribution in [2.45, 2.75) is 20.8 Å². The number of nitrogens with zero attached hydrogens (tertiary/aromatic N) is 2. The summed E-state index contributed by atoms with van der Waals surface area (Å²) in [7, 11) is 0. The predicted molar refractivity (Wildman–Crippen MR) is 137 cm³/mol. The summed E-state index contributed by atoms with van der Waals surface area (Å²) >= 11 is 1.25. The van der Waals surface area contributed by atoms with Gasteiger partial charge in [-0.05, 0) is 81.1 Å². The van der Waals surface area contributed by atoms with Crippen LogP contribution in [0, 0.1) is 13.8 Å². The van der Waals surface area contributed by atoms with Gasteiger partial charge in [0.15, 0.2) is 5.17 Å². The Morgan fingerprint density at radius 3 is 2.29 bits per heavy atom. The predicted octanol–water partition coefficient (Wildman–Crippen LogP) is 6.21. The van der Waals surface area contributed by atoms with Crippen molar-refractivity contribution in [3.63, 3.8) is 0 Å². The molecule has 1 aliphatic heterocycles. The Morgan fingerprint density at radius 1 is 1.03 bits per heavy atom. The Kier molecular flexibility index (Phi) is 6.84. The monoisotopic (exact) mass is 472 g/mol. The van der Waals surface area contributed by atoms with Gasteiger partial charge in [-0.2, -0.15) is 0 Å². The molecule has 6 nitrogen and oxygen atoms in total. The quantitative estimate of drug-likeness (QED) is 0.432. The Morgan fingerprint density at radius 2 is 1.68 bits per heavy atom. The molecule has 172 valence electrons. The van der Waals surface area contributed by atoms with Crippen LogP contribution >= 0.6 is 11.8 Å². The van der Waals surface area contributed by atoms with Crippen LogP contribution in [0.1, 0.15) is 34.0 Å². The molecule has 4 rings (SSSR count). The largest absolute Gasteiger partial charge is 0.493 e. The van der Waals surface area contributed by atoms with Crippen LogP contribution in [0.25, 0.3) is 6.08 Å². The number of carboxylic acid groups (broad SMARTS) is 1. The molecule has 0 radical (unpaired) electrons. The number of carbonyl (C=O) groups is 2. The molecule has 1 aliphatic rings. The van der Waals surface area contributed by atoms with Gasteiger partial charge >= 0.3 is 5.97 Å². The van der Waals surface area contributed by atoms with Crippen LogP contribution in [0.3, 0.4) is 0 Å². The van der Waals surface area contributed by atoms with E-state index in [9.17, 15) is 14.7 Å². The lowest BCUT2D eigenvalue weighted by Gasteiger charge is -2.16. The van der Waals surface area contributed by atoms with Crippen molar-refractivity contribution in [2.75, 3.05) is 11.5 Å². The average molecular weight is 473 g/mol. The number of hydrogen-bond acceptors (Lipinski definition) is 5. The van der Waals surface area contributed by atoms with Gasteiger partial charge in [0.1, 0.15) is 5.75 Å². The SMILES string of the molecule is CCOc1ccc(C(=O)O)cc1/C=C1\SC(=Nc2ccc(C)cc2)N(c2ccc(C)cc2)C1=O. The minimum Gasteiger partial charge on any atom is -0.493 e. The molecule has 1 heterocycles. The molecule has 0 aliphatic carbocycles. The molecular formula is C27H24N2O4S. The van der Waals surface area contributed by atoms with Crippen LogP contribution in [0.2, 0.25) is 0 Å². The number of aryl methyl sites for hydroxylation is 2. The van der Waals surface area contributed by atoms with E-state index in [-0.39, 0.29) is 11.5 Å². The second kappa shape index (κ2) is 9.97. The molecule has 0 aromatic heterocycles. The van der Waals surface area contributed by atoms with Gasteiger partial charge in [0, 0.05) is 5.56 Å². The molecule has 3 aromatic carbocycles. The normalized spacial score (nSPS) is 15.9. The Bertz CT molecular complexity index is 1300. The number of amidine groups is 1. The van der Waals surface area contributed by atoms with Gasteiger partial charge in [0.25, 0.3) is 5.91 Å². The minimum absolute atomic E-state index is 0.120. The van der Waals surface area contributed by atoms with Gasteiger partial charge in [-0.1, -0.05) is 35.4 Å². The third-order valence-electron chi connectivity index (χ3n) is 5.20. The first-order chi connectivity index (χ1) is 16.4. The fraction of sp³-hybridized carbons (Fsp3) is 0.148. The summed E-state index contributed by atoms with van der Waals surface area (Å²) in [6.07, 6.45) is 1.67. The number of amides is 1. The van der Waals surface area contributed by atoms with Gasteiger partial charge in [-0.15, -0.1) is 0 Å². The molecule has 0 unspecified atom stereocenters. The summed E-state index contributed by atoms with van der Waals surface area (Å²) in [4.78, 5) is 31.8. The number of anilines is 1. The lowest BCUT2D eigenvalue weighted by molar-refractivity contribution is -0.113. The summed E-state index contributed by atoms with van der Waals surface area (Å²) in [5.41, 5.74) is 4.30. The third-order valence-corrected chi connectivity index (χ3v) is 6.17. The van der Waals surface area contributed by atoms with Crippen molar-refractivity contribution in [3.05, 3.63) is 93.9 Å². The standard InChI is InChI=1S/C27H24N2O4S/c1-4-33-23-14-9-19(26(31)32)15-20(23)16-24-25(30)29(22-12-7-18(3)8-13-22)27(34-24)28-21-10-5-17(2)6-11-21/h5-16H,4H2,1-3H3,(H,31,32)/b24-16-,28-27?. The van der Waals surface area contributed by atoms with Crippen LogP contribution in [0.4, 0.5) is 11.4 Å². The molecule has 1 amide bonds. The van der Waals surface area contributed by atoms with Crippen LogP contribution in [-0.4, -0.2) is 28.8 Å². The number of rotatable bonds is 6. The van der Waals surface area contributed by atoms with Crippen molar-refractivity contribution >= 4 is 46.3 Å². The fourth-order valence-corrected chi connectivity index (χ4v) is 4.41. The Balaban J connectivity index is 1.80. The van der Waals surface area contributed by atoms with Crippen LogP contribution in [0.5, 0.6) is 5.75 Å². The van der Waals surface area contributed by atoms with E-state index in [0.29, 0.717) is 33.7 Å². The highest BCUT2D eigenvalue weighted by molar-refractivity contribution is 8.19. The molecule has 7 heteroatoms. The van der Waals surface area contributed by atoms with E-state index in [1.165, 1.54) is 23.9 Å². The fourth-order valence-electron chi connectivity index (χ4n) is 3.42. The number of hydrogen-bond donors (Lipinski definition) is 1. The zero-order valence-electron chi connectivity index (χ0n) is 19.1. The van der Waals surface area contributed by atoms with Crippen LogP contribution in [-0.2, 0) is 4.79 Å². The van der Waals surface area contributed by atoms with Crippen molar-refractivity contribution in [3.8, 4) is 5.75 Å². The average Bonchev–Trinajstić information content (AvgIpc) is 3.11. The maximum Gasteiger partial charge on any atom is 0.335 e. The van der Waals surface area contributed by atoms with Gasteiger partial charge in [-0.25, -0.2) is 9.79 Å². The van der Waals surface area contributed by atoms with Crippen molar-refractivity contribution in [2.24, 2.45) is 4.99 Å². The third kappa shape index (κ3) is 5.05. The van der Waals surface area contributed by atoms with E-state index in [1.54, 1.807) is 17.0 Å². The summed E-state index contributed by atoms with van der Waals surface area (Å²) in [5, 5.41) is 9.95. The van der Waals surface area contributed by atoms with E-state index in [4.69, 9.17) is 9.73 Å². The van der Waals surface area contributed by atoms with Gasteiger partial charge < -0.3 is 9.84 Å². The lowest BCUT2D eigenvalue weighted by Crippen LogP contribution is -2.28. The number of carbonyl (C=O) groups excluding carboxylic acids is 1. The first-order valence-electron chi connectivity index (χ1n) is 10.8. The highest BCUT2D eigenvalue weighted by atomic mass is 32.2. The van der Waals surface area contributed by atoms with Gasteiger partial charge in [0.2, 0.25) is 0 Å². The number of carboxylic acids is 1. The highest BCUT2D eigenvalue weighted by Crippen LogP contribution is 2.38. The second-order valence-electron chi connectivity index (χ2n) is 7.81. The lowest BCUT2D eigenvalue weighted by atomic mass is 10.1. The Labute approximate surface area is 202 Å². The summed E-state index contributed by atoms with van der Waals surface area (Å²) in [6.45, 7) is 6.26. The highest BCUT2D eigenvalue weighted by Gasteiger charge is 2.35. The summed E-state index contributed by atoms with van der Waals surface area (Å²) < 4.78 is 5.67. The number of ether oxygens (including phenoxy) is 1. The molecule has 0 spiro atoms. The maximum absolute atomic E-state index is 13.5. The van der Waals surface area contributed by atoms with Crippen molar-refractivity contribution in [1.82, 2.24) is 0 Å². The molecule has 1 fully saturated rings. The molecule has 34 heavy (non-hydrogen) atoms. The Hall–Kier alpha value is -3.84. The number of aromatic carboxylic acids is 1. The number of benzene rings is 3. The van der Waals surface area contributed by atoms with Crippen molar-refractivity contribution < 1.29 is 19.4 Å². The van der Waals surface area contributed by atoms with Crippen molar-refractivity contribution in [1.29, 1.82) is 0 Å². The number of aliphatic imine (C=N–C) groups is 1.